The topological polar surface area (TPSA) is 81.1 Å². The SMILES string of the molecule is Cc1ccc(Nc2ccc(C(N)=O)cc2N)cc1Br. The van der Waals surface area contributed by atoms with Gasteiger partial charge in [0.2, 0.25) is 5.91 Å². The number of anilines is 3. The minimum Gasteiger partial charge on any atom is -0.397 e. The number of nitrogens with one attached hydrogen (secondary N) is 1. The summed E-state index contributed by atoms with van der Waals surface area (Å²) in [5, 5.41) is 3.20. The molecule has 0 radical (unpaired) electrons. The van der Waals surface area contributed by atoms with Gasteiger partial charge >= 0.3 is 0 Å². The van der Waals surface area contributed by atoms with Crippen molar-refractivity contribution in [3.8, 4) is 0 Å². The van der Waals surface area contributed by atoms with E-state index in [9.17, 15) is 4.79 Å². The Bertz CT molecular complexity index is 641. The van der Waals surface area contributed by atoms with Gasteiger partial charge in [-0.2, -0.15) is 0 Å². The molecule has 0 aliphatic carbocycles. The van der Waals surface area contributed by atoms with Crippen molar-refractivity contribution < 1.29 is 4.79 Å². The van der Waals surface area contributed by atoms with Gasteiger partial charge in [0, 0.05) is 15.7 Å². The van der Waals surface area contributed by atoms with Crippen LogP contribution in [0.15, 0.2) is 40.9 Å². The Labute approximate surface area is 119 Å². The number of halogens is 1. The average molecular weight is 320 g/mol. The van der Waals surface area contributed by atoms with E-state index in [4.69, 9.17) is 11.5 Å². The lowest BCUT2D eigenvalue weighted by atomic mass is 10.1. The molecular formula is C14H14BrN3O. The fraction of sp³-hybridized carbons (Fsp3) is 0.0714. The second kappa shape index (κ2) is 5.32. The zero-order valence-electron chi connectivity index (χ0n) is 10.4. The largest absolute Gasteiger partial charge is 0.397 e. The fourth-order valence-corrected chi connectivity index (χ4v) is 2.03. The number of carbonyl (C=O) groups excluding carboxylic acids is 1. The van der Waals surface area contributed by atoms with Crippen molar-refractivity contribution in [2.75, 3.05) is 11.1 Å². The van der Waals surface area contributed by atoms with Crippen molar-refractivity contribution in [2.45, 2.75) is 6.92 Å². The lowest BCUT2D eigenvalue weighted by molar-refractivity contribution is 0.100. The van der Waals surface area contributed by atoms with Crippen molar-refractivity contribution in [3.63, 3.8) is 0 Å². The highest BCUT2D eigenvalue weighted by atomic mass is 79.9. The highest BCUT2D eigenvalue weighted by Crippen LogP contribution is 2.27. The van der Waals surface area contributed by atoms with E-state index in [1.807, 2.05) is 25.1 Å². The molecule has 2 aromatic carbocycles. The summed E-state index contributed by atoms with van der Waals surface area (Å²) in [6.07, 6.45) is 0. The normalized spacial score (nSPS) is 10.2. The van der Waals surface area contributed by atoms with Crippen LogP contribution in [0.4, 0.5) is 17.1 Å². The highest BCUT2D eigenvalue weighted by molar-refractivity contribution is 9.10. The third kappa shape index (κ3) is 3.06. The molecule has 0 heterocycles. The summed E-state index contributed by atoms with van der Waals surface area (Å²) in [6, 6.07) is 10.9. The third-order valence-corrected chi connectivity index (χ3v) is 3.64. The monoisotopic (exact) mass is 319 g/mol. The van der Waals surface area contributed by atoms with E-state index in [1.54, 1.807) is 18.2 Å². The second-order valence-corrected chi connectivity index (χ2v) is 5.11. The van der Waals surface area contributed by atoms with Crippen LogP contribution in [0, 0.1) is 6.92 Å². The number of hydrogen-bond acceptors (Lipinski definition) is 3. The lowest BCUT2D eigenvalue weighted by Crippen LogP contribution is -2.11. The van der Waals surface area contributed by atoms with Gasteiger partial charge in [-0.15, -0.1) is 0 Å². The van der Waals surface area contributed by atoms with E-state index in [0.29, 0.717) is 11.3 Å². The Balaban J connectivity index is 2.28. The van der Waals surface area contributed by atoms with Crippen molar-refractivity contribution in [1.29, 1.82) is 0 Å². The number of nitrogens with two attached hydrogens (primary N) is 2. The van der Waals surface area contributed by atoms with Crippen LogP contribution in [-0.2, 0) is 0 Å². The van der Waals surface area contributed by atoms with Gasteiger partial charge in [0.15, 0.2) is 0 Å². The summed E-state index contributed by atoms with van der Waals surface area (Å²) in [7, 11) is 0. The number of benzene rings is 2. The first-order valence-corrected chi connectivity index (χ1v) is 6.49. The maximum atomic E-state index is 11.0. The average Bonchev–Trinajstić information content (AvgIpc) is 2.36. The van der Waals surface area contributed by atoms with Crippen molar-refractivity contribution in [1.82, 2.24) is 0 Å². The fourth-order valence-electron chi connectivity index (χ4n) is 1.66. The molecule has 5 heteroatoms. The number of nitrogen functional groups attached to an aromatic ring is 1. The van der Waals surface area contributed by atoms with Crippen LogP contribution < -0.4 is 16.8 Å². The Kier molecular flexibility index (Phi) is 3.76. The van der Waals surface area contributed by atoms with Crippen LogP contribution in [0.25, 0.3) is 0 Å². The molecule has 0 saturated heterocycles. The summed E-state index contributed by atoms with van der Waals surface area (Å²) in [5.41, 5.74) is 14.8. The summed E-state index contributed by atoms with van der Waals surface area (Å²) >= 11 is 3.48. The van der Waals surface area contributed by atoms with Gasteiger partial charge < -0.3 is 16.8 Å². The van der Waals surface area contributed by atoms with Gasteiger partial charge in [0.25, 0.3) is 0 Å². The summed E-state index contributed by atoms with van der Waals surface area (Å²) in [4.78, 5) is 11.0. The van der Waals surface area contributed by atoms with Crippen molar-refractivity contribution >= 4 is 38.9 Å². The van der Waals surface area contributed by atoms with E-state index < -0.39 is 5.91 Å². The first-order valence-electron chi connectivity index (χ1n) is 5.70. The predicted octanol–water partition coefficient (Wildman–Crippen LogP) is 3.18. The van der Waals surface area contributed by atoms with Crippen LogP contribution in [-0.4, -0.2) is 5.91 Å². The van der Waals surface area contributed by atoms with E-state index in [1.165, 1.54) is 0 Å². The van der Waals surface area contributed by atoms with Gasteiger partial charge in [-0.05, 0) is 42.8 Å². The Morgan fingerprint density at radius 2 is 1.95 bits per heavy atom. The molecule has 0 fully saturated rings. The Hall–Kier alpha value is -2.01. The molecule has 0 aliphatic heterocycles. The summed E-state index contributed by atoms with van der Waals surface area (Å²) in [6.45, 7) is 2.02. The van der Waals surface area contributed by atoms with Crippen LogP contribution >= 0.6 is 15.9 Å². The molecule has 0 unspecified atom stereocenters. The quantitative estimate of drug-likeness (QED) is 0.760. The zero-order valence-corrected chi connectivity index (χ0v) is 12.0. The second-order valence-electron chi connectivity index (χ2n) is 4.26. The van der Waals surface area contributed by atoms with Gasteiger partial charge in [-0.3, -0.25) is 4.79 Å². The number of hydrogen-bond donors (Lipinski definition) is 3. The van der Waals surface area contributed by atoms with Crippen LogP contribution in [0.2, 0.25) is 0 Å². The highest BCUT2D eigenvalue weighted by Gasteiger charge is 2.05. The van der Waals surface area contributed by atoms with E-state index in [-0.39, 0.29) is 0 Å². The molecule has 4 nitrogen and oxygen atoms in total. The molecule has 2 aromatic rings. The van der Waals surface area contributed by atoms with Gasteiger partial charge in [-0.25, -0.2) is 0 Å². The van der Waals surface area contributed by atoms with Crippen LogP contribution in [0.5, 0.6) is 0 Å². The molecule has 5 N–H and O–H groups in total. The first kappa shape index (κ1) is 13.4. The summed E-state index contributed by atoms with van der Waals surface area (Å²) in [5.74, 6) is -0.490. The predicted molar refractivity (Wildman–Crippen MR) is 81.5 cm³/mol. The van der Waals surface area contributed by atoms with Crippen LogP contribution in [0.1, 0.15) is 15.9 Å². The van der Waals surface area contributed by atoms with Crippen molar-refractivity contribution in [3.05, 3.63) is 52.0 Å². The molecule has 0 bridgehead atoms. The Morgan fingerprint density at radius 1 is 1.21 bits per heavy atom. The molecule has 19 heavy (non-hydrogen) atoms. The van der Waals surface area contributed by atoms with Crippen molar-refractivity contribution in [2.24, 2.45) is 5.73 Å². The molecule has 0 atom stereocenters. The zero-order chi connectivity index (χ0) is 14.0. The van der Waals surface area contributed by atoms with E-state index in [0.717, 1.165) is 21.4 Å². The smallest absolute Gasteiger partial charge is 0.248 e. The van der Waals surface area contributed by atoms with Gasteiger partial charge in [0.1, 0.15) is 0 Å². The minimum absolute atomic E-state index is 0.396. The van der Waals surface area contributed by atoms with Gasteiger partial charge in [-0.1, -0.05) is 22.0 Å². The molecule has 0 aliphatic rings. The molecule has 98 valence electrons. The van der Waals surface area contributed by atoms with Crippen LogP contribution in [0.3, 0.4) is 0 Å². The summed E-state index contributed by atoms with van der Waals surface area (Å²) < 4.78 is 1.02. The molecular weight excluding hydrogens is 306 g/mol. The minimum atomic E-state index is -0.490. The maximum absolute atomic E-state index is 11.0. The lowest BCUT2D eigenvalue weighted by Gasteiger charge is -2.11. The van der Waals surface area contributed by atoms with E-state index >= 15 is 0 Å². The molecule has 0 aromatic heterocycles. The number of primary amides is 1. The number of carbonyl (C=O) groups is 1. The first-order chi connectivity index (χ1) is 8.97. The van der Waals surface area contributed by atoms with Gasteiger partial charge in [0.05, 0.1) is 11.4 Å². The third-order valence-electron chi connectivity index (χ3n) is 2.79. The molecule has 2 rings (SSSR count). The maximum Gasteiger partial charge on any atom is 0.248 e. The van der Waals surface area contributed by atoms with E-state index in [2.05, 4.69) is 21.2 Å². The molecule has 0 saturated carbocycles. The number of aryl methyl sites for hydroxylation is 1. The number of rotatable bonds is 3. The standard InChI is InChI=1S/C14H14BrN3O/c1-8-2-4-10(7-11(8)15)18-13-5-3-9(14(17)19)6-12(13)16/h2-7,18H,16H2,1H3,(H2,17,19). The molecule has 1 amide bonds. The molecule has 0 spiro atoms. The number of amides is 1. The Morgan fingerprint density at radius 3 is 2.53 bits per heavy atom.